The molecule has 0 saturated heterocycles. The molecule has 0 unspecified atom stereocenters. The maximum atomic E-state index is 11.3. The Morgan fingerprint density at radius 3 is 3.00 bits per heavy atom. The Labute approximate surface area is 86.5 Å². The number of rotatable bonds is 2. The maximum absolute atomic E-state index is 11.3. The van der Waals surface area contributed by atoms with Gasteiger partial charge in [0.05, 0.1) is 19.2 Å². The summed E-state index contributed by atoms with van der Waals surface area (Å²) in [5.41, 5.74) is 1.94. The van der Waals surface area contributed by atoms with Crippen molar-refractivity contribution >= 4 is 16.9 Å². The fourth-order valence-corrected chi connectivity index (χ4v) is 1.57. The van der Waals surface area contributed by atoms with Crippen LogP contribution < -0.4 is 0 Å². The van der Waals surface area contributed by atoms with Crippen LogP contribution in [0.2, 0.25) is 0 Å². The molecule has 0 atom stereocenters. The quantitative estimate of drug-likeness (QED) is 0.729. The lowest BCUT2D eigenvalue weighted by atomic mass is 10.1. The second-order valence-corrected chi connectivity index (χ2v) is 3.21. The normalized spacial score (nSPS) is 10.5. The summed E-state index contributed by atoms with van der Waals surface area (Å²) >= 11 is 0. The van der Waals surface area contributed by atoms with E-state index in [2.05, 4.69) is 9.72 Å². The number of ether oxygens (including phenoxy) is 1. The van der Waals surface area contributed by atoms with Crippen LogP contribution in [0.1, 0.15) is 16.1 Å². The van der Waals surface area contributed by atoms with Gasteiger partial charge in [0.15, 0.2) is 0 Å². The van der Waals surface area contributed by atoms with E-state index in [4.69, 9.17) is 5.11 Å². The van der Waals surface area contributed by atoms with E-state index in [0.717, 1.165) is 16.5 Å². The predicted molar refractivity (Wildman–Crippen MR) is 55.6 cm³/mol. The van der Waals surface area contributed by atoms with Crippen molar-refractivity contribution < 1.29 is 14.6 Å². The third kappa shape index (κ3) is 1.59. The molecular weight excluding hydrogens is 194 g/mol. The number of carbonyl (C=O) groups is 1. The number of methoxy groups -OCH3 is 1. The zero-order chi connectivity index (χ0) is 10.8. The van der Waals surface area contributed by atoms with Gasteiger partial charge in [-0.25, -0.2) is 4.79 Å². The van der Waals surface area contributed by atoms with E-state index in [1.807, 2.05) is 12.1 Å². The lowest BCUT2D eigenvalue weighted by Gasteiger charge is -1.97. The number of hydrogen-bond acceptors (Lipinski definition) is 3. The summed E-state index contributed by atoms with van der Waals surface area (Å²) in [5.74, 6) is -0.407. The van der Waals surface area contributed by atoms with Crippen molar-refractivity contribution in [1.82, 2.24) is 4.98 Å². The number of H-pyrrole nitrogens is 1. The monoisotopic (exact) mass is 205 g/mol. The largest absolute Gasteiger partial charge is 0.464 e. The zero-order valence-corrected chi connectivity index (χ0v) is 8.28. The summed E-state index contributed by atoms with van der Waals surface area (Å²) in [7, 11) is 1.33. The number of hydrogen-bond donors (Lipinski definition) is 2. The highest BCUT2D eigenvalue weighted by Gasteiger charge is 2.10. The molecule has 0 aliphatic carbocycles. The topological polar surface area (TPSA) is 62.3 Å². The predicted octanol–water partition coefficient (Wildman–Crippen LogP) is 1.45. The number of esters is 1. The first kappa shape index (κ1) is 9.73. The lowest BCUT2D eigenvalue weighted by Crippen LogP contribution is -2.00. The number of nitrogens with one attached hydrogen (secondary N) is 1. The average Bonchev–Trinajstić information content (AvgIpc) is 2.71. The van der Waals surface area contributed by atoms with Gasteiger partial charge in [0.1, 0.15) is 5.69 Å². The first-order chi connectivity index (χ1) is 7.26. The molecular formula is C11H11NO3. The third-order valence-corrected chi connectivity index (χ3v) is 2.32. The molecule has 2 N–H and O–H groups in total. The first-order valence-electron chi connectivity index (χ1n) is 4.56. The second kappa shape index (κ2) is 3.74. The molecule has 2 rings (SSSR count). The summed E-state index contributed by atoms with van der Waals surface area (Å²) in [5, 5.41) is 10.00. The van der Waals surface area contributed by atoms with E-state index in [-0.39, 0.29) is 6.61 Å². The smallest absolute Gasteiger partial charge is 0.354 e. The van der Waals surface area contributed by atoms with Crippen LogP contribution in [0.4, 0.5) is 0 Å². The minimum atomic E-state index is -0.407. The molecule has 1 heterocycles. The van der Waals surface area contributed by atoms with Crippen LogP contribution in [0.15, 0.2) is 24.3 Å². The second-order valence-electron chi connectivity index (χ2n) is 3.21. The number of aliphatic hydroxyl groups excluding tert-OH is 1. The lowest BCUT2D eigenvalue weighted by molar-refractivity contribution is 0.0595. The van der Waals surface area contributed by atoms with Crippen LogP contribution in [-0.4, -0.2) is 23.2 Å². The number of aromatic amines is 1. The number of carbonyl (C=O) groups excluding carboxylic acids is 1. The minimum absolute atomic E-state index is 0.0571. The fourth-order valence-electron chi connectivity index (χ4n) is 1.57. The highest BCUT2D eigenvalue weighted by molar-refractivity contribution is 5.95. The molecule has 2 aromatic rings. The molecule has 0 aliphatic rings. The van der Waals surface area contributed by atoms with E-state index in [9.17, 15) is 4.79 Å². The van der Waals surface area contributed by atoms with Crippen molar-refractivity contribution in [1.29, 1.82) is 0 Å². The summed E-state index contributed by atoms with van der Waals surface area (Å²) < 4.78 is 4.61. The van der Waals surface area contributed by atoms with Gasteiger partial charge in [-0.15, -0.1) is 0 Å². The summed E-state index contributed by atoms with van der Waals surface area (Å²) in [4.78, 5) is 14.2. The van der Waals surface area contributed by atoms with E-state index >= 15 is 0 Å². The minimum Gasteiger partial charge on any atom is -0.464 e. The Balaban J connectivity index is 2.60. The highest BCUT2D eigenvalue weighted by Crippen LogP contribution is 2.19. The van der Waals surface area contributed by atoms with Crippen LogP contribution >= 0.6 is 0 Å². The zero-order valence-electron chi connectivity index (χ0n) is 8.28. The van der Waals surface area contributed by atoms with Gasteiger partial charge in [-0.3, -0.25) is 0 Å². The highest BCUT2D eigenvalue weighted by atomic mass is 16.5. The molecule has 0 bridgehead atoms. The average molecular weight is 205 g/mol. The first-order valence-corrected chi connectivity index (χ1v) is 4.56. The van der Waals surface area contributed by atoms with Gasteiger partial charge < -0.3 is 14.8 Å². The Morgan fingerprint density at radius 1 is 1.53 bits per heavy atom. The molecule has 4 heteroatoms. The number of benzene rings is 1. The standard InChI is InChI=1S/C11H11NO3/c1-15-11(14)9-5-7-3-2-4-8(6-13)10(7)12-9/h2-5,12-13H,6H2,1H3. The Hall–Kier alpha value is -1.81. The van der Waals surface area contributed by atoms with E-state index < -0.39 is 5.97 Å². The van der Waals surface area contributed by atoms with Gasteiger partial charge in [-0.1, -0.05) is 18.2 Å². The van der Waals surface area contributed by atoms with Gasteiger partial charge >= 0.3 is 5.97 Å². The molecule has 0 spiro atoms. The molecule has 1 aromatic carbocycles. The number of fused-ring (bicyclic) bond motifs is 1. The van der Waals surface area contributed by atoms with Crippen molar-refractivity contribution in [3.63, 3.8) is 0 Å². The molecule has 0 radical (unpaired) electrons. The van der Waals surface area contributed by atoms with Gasteiger partial charge in [-0.05, 0) is 6.07 Å². The van der Waals surface area contributed by atoms with Gasteiger partial charge in [0.2, 0.25) is 0 Å². The SMILES string of the molecule is COC(=O)c1cc2cccc(CO)c2[nH]1. The van der Waals surface area contributed by atoms with Crippen molar-refractivity contribution in [3.8, 4) is 0 Å². The Bertz CT molecular complexity index is 502. The Morgan fingerprint density at radius 2 is 2.33 bits per heavy atom. The summed E-state index contributed by atoms with van der Waals surface area (Å²) in [6, 6.07) is 7.22. The molecule has 78 valence electrons. The molecule has 1 aromatic heterocycles. The molecule has 0 saturated carbocycles. The fraction of sp³-hybridized carbons (Fsp3) is 0.182. The summed E-state index contributed by atoms with van der Waals surface area (Å²) in [6.45, 7) is -0.0571. The molecule has 0 amide bonds. The van der Waals surface area contributed by atoms with Crippen LogP contribution in [-0.2, 0) is 11.3 Å². The van der Waals surface area contributed by atoms with Crippen LogP contribution in [0.3, 0.4) is 0 Å². The van der Waals surface area contributed by atoms with Gasteiger partial charge in [-0.2, -0.15) is 0 Å². The van der Waals surface area contributed by atoms with E-state index in [1.165, 1.54) is 7.11 Å². The number of aliphatic hydroxyl groups is 1. The molecule has 0 fully saturated rings. The van der Waals surface area contributed by atoms with Crippen molar-refractivity contribution in [3.05, 3.63) is 35.5 Å². The van der Waals surface area contributed by atoms with Gasteiger partial charge in [0, 0.05) is 10.9 Å². The Kier molecular flexibility index (Phi) is 2.43. The summed E-state index contributed by atoms with van der Waals surface area (Å²) in [6.07, 6.45) is 0. The van der Waals surface area contributed by atoms with Crippen molar-refractivity contribution in [2.75, 3.05) is 7.11 Å². The molecule has 0 aliphatic heterocycles. The van der Waals surface area contributed by atoms with Crippen LogP contribution in [0, 0.1) is 0 Å². The van der Waals surface area contributed by atoms with Gasteiger partial charge in [0.25, 0.3) is 0 Å². The van der Waals surface area contributed by atoms with E-state index in [1.54, 1.807) is 12.1 Å². The number of aromatic nitrogens is 1. The third-order valence-electron chi connectivity index (χ3n) is 2.32. The molecule has 4 nitrogen and oxygen atoms in total. The molecule has 15 heavy (non-hydrogen) atoms. The number of para-hydroxylation sites is 1. The maximum Gasteiger partial charge on any atom is 0.354 e. The van der Waals surface area contributed by atoms with Crippen molar-refractivity contribution in [2.45, 2.75) is 6.61 Å². The van der Waals surface area contributed by atoms with Crippen molar-refractivity contribution in [2.24, 2.45) is 0 Å². The van der Waals surface area contributed by atoms with E-state index in [0.29, 0.717) is 5.69 Å². The van der Waals surface area contributed by atoms with Crippen LogP contribution in [0.25, 0.3) is 10.9 Å². The van der Waals surface area contributed by atoms with Crippen LogP contribution in [0.5, 0.6) is 0 Å².